The first kappa shape index (κ1) is 10.1. The van der Waals surface area contributed by atoms with Gasteiger partial charge < -0.3 is 0 Å². The topological polar surface area (TPSA) is 50.3 Å². The molecule has 3 rings (SSSR count). The summed E-state index contributed by atoms with van der Waals surface area (Å²) in [5, 5.41) is 1.97. The molecule has 0 aliphatic carbocycles. The molecule has 0 spiro atoms. The fourth-order valence-electron chi connectivity index (χ4n) is 1.71. The van der Waals surface area contributed by atoms with E-state index < -0.39 is 17.6 Å². The van der Waals surface area contributed by atoms with E-state index in [9.17, 15) is 14.0 Å². The van der Waals surface area contributed by atoms with Crippen LogP contribution >= 0.6 is 11.3 Å². The fraction of sp³-hybridized carbons (Fsp3) is 0. The van der Waals surface area contributed by atoms with Gasteiger partial charge in [0.05, 0.1) is 11.1 Å². The number of hydrogen-bond acceptors (Lipinski definition) is 4. The Morgan fingerprint density at radius 2 is 1.94 bits per heavy atom. The lowest BCUT2D eigenvalue weighted by molar-refractivity contribution is 0.0926. The molecule has 0 atom stereocenters. The highest BCUT2D eigenvalue weighted by Gasteiger charge is 2.38. The van der Waals surface area contributed by atoms with Gasteiger partial charge in [0.15, 0.2) is 5.13 Å². The van der Waals surface area contributed by atoms with Crippen molar-refractivity contribution in [3.05, 3.63) is 46.7 Å². The van der Waals surface area contributed by atoms with Crippen LogP contribution in [0.15, 0.2) is 29.8 Å². The van der Waals surface area contributed by atoms with Crippen LogP contribution in [0.2, 0.25) is 0 Å². The average molecular weight is 248 g/mol. The van der Waals surface area contributed by atoms with Crippen molar-refractivity contribution in [1.82, 2.24) is 4.98 Å². The van der Waals surface area contributed by atoms with Gasteiger partial charge in [0, 0.05) is 11.6 Å². The molecular weight excluding hydrogens is 243 g/mol. The average Bonchev–Trinajstić information content (AvgIpc) is 2.88. The third-order valence-electron chi connectivity index (χ3n) is 2.46. The van der Waals surface area contributed by atoms with Gasteiger partial charge in [0.2, 0.25) is 0 Å². The van der Waals surface area contributed by atoms with Gasteiger partial charge in [-0.1, -0.05) is 0 Å². The number of amides is 2. The molecule has 1 aromatic carbocycles. The Morgan fingerprint density at radius 1 is 1.18 bits per heavy atom. The molecule has 0 N–H and O–H groups in total. The number of carbonyl (C=O) groups is 2. The molecule has 84 valence electrons. The standard InChI is InChI=1S/C11H5FN2O2S/c12-6-1-2-7-8(5-6)10(16)14(9(7)15)11-13-3-4-17-11/h1-5H. The lowest BCUT2D eigenvalue weighted by Gasteiger charge is -2.08. The van der Waals surface area contributed by atoms with Gasteiger partial charge in [0.1, 0.15) is 5.82 Å². The summed E-state index contributed by atoms with van der Waals surface area (Å²) in [5.41, 5.74) is 0.303. The van der Waals surface area contributed by atoms with Crippen LogP contribution in [-0.4, -0.2) is 16.8 Å². The van der Waals surface area contributed by atoms with E-state index in [2.05, 4.69) is 4.98 Å². The van der Waals surface area contributed by atoms with E-state index in [-0.39, 0.29) is 11.1 Å². The molecule has 0 saturated carbocycles. The van der Waals surface area contributed by atoms with Gasteiger partial charge in [-0.25, -0.2) is 14.3 Å². The van der Waals surface area contributed by atoms with E-state index >= 15 is 0 Å². The summed E-state index contributed by atoms with van der Waals surface area (Å²) in [7, 11) is 0. The van der Waals surface area contributed by atoms with Crippen LogP contribution < -0.4 is 4.90 Å². The first-order valence-corrected chi connectivity index (χ1v) is 5.64. The summed E-state index contributed by atoms with van der Waals surface area (Å²) in [6.45, 7) is 0. The first-order chi connectivity index (χ1) is 8.18. The number of nitrogens with zero attached hydrogens (tertiary/aromatic N) is 2. The van der Waals surface area contributed by atoms with Crippen molar-refractivity contribution in [3.63, 3.8) is 0 Å². The zero-order valence-corrected chi connectivity index (χ0v) is 9.20. The highest BCUT2D eigenvalue weighted by atomic mass is 32.1. The number of imide groups is 1. The Bertz CT molecular complexity index is 624. The summed E-state index contributed by atoms with van der Waals surface area (Å²) in [6, 6.07) is 3.55. The number of aromatic nitrogens is 1. The summed E-state index contributed by atoms with van der Waals surface area (Å²) >= 11 is 1.18. The number of anilines is 1. The number of rotatable bonds is 1. The molecule has 0 fully saturated rings. The van der Waals surface area contributed by atoms with Crippen molar-refractivity contribution >= 4 is 28.3 Å². The lowest BCUT2D eigenvalue weighted by atomic mass is 10.1. The smallest absolute Gasteiger partial charge is 0.268 e. The summed E-state index contributed by atoms with van der Waals surface area (Å²) in [5.74, 6) is -1.52. The van der Waals surface area contributed by atoms with Crippen molar-refractivity contribution in [3.8, 4) is 0 Å². The minimum Gasteiger partial charge on any atom is -0.268 e. The van der Waals surface area contributed by atoms with Crippen molar-refractivity contribution in [2.45, 2.75) is 0 Å². The molecule has 4 nitrogen and oxygen atoms in total. The quantitative estimate of drug-likeness (QED) is 0.726. The van der Waals surface area contributed by atoms with Crippen LogP contribution in [0.4, 0.5) is 9.52 Å². The second-order valence-electron chi connectivity index (χ2n) is 3.45. The zero-order chi connectivity index (χ0) is 12.0. The molecule has 1 aromatic heterocycles. The Labute approximate surface area is 99.3 Å². The van der Waals surface area contributed by atoms with Gasteiger partial charge in [-0.3, -0.25) is 9.59 Å². The van der Waals surface area contributed by atoms with Crippen LogP contribution in [0.25, 0.3) is 0 Å². The van der Waals surface area contributed by atoms with E-state index in [0.29, 0.717) is 5.13 Å². The van der Waals surface area contributed by atoms with Gasteiger partial charge >= 0.3 is 0 Å². The Morgan fingerprint density at radius 3 is 2.65 bits per heavy atom. The van der Waals surface area contributed by atoms with Crippen LogP contribution in [-0.2, 0) is 0 Å². The maximum Gasteiger partial charge on any atom is 0.268 e. The molecule has 1 aliphatic rings. The van der Waals surface area contributed by atoms with Gasteiger partial charge in [-0.15, -0.1) is 11.3 Å². The summed E-state index contributed by atoms with van der Waals surface area (Å²) < 4.78 is 13.0. The lowest BCUT2D eigenvalue weighted by Crippen LogP contribution is -2.29. The minimum atomic E-state index is -0.536. The molecule has 2 amide bonds. The Balaban J connectivity index is 2.15. The second kappa shape index (κ2) is 3.46. The molecular formula is C11H5FN2O2S. The molecule has 2 heterocycles. The van der Waals surface area contributed by atoms with Crippen LogP contribution in [0.5, 0.6) is 0 Å². The molecule has 0 unspecified atom stereocenters. The Hall–Kier alpha value is -2.08. The summed E-state index contributed by atoms with van der Waals surface area (Å²) in [6.07, 6.45) is 1.50. The van der Waals surface area contributed by atoms with E-state index in [1.165, 1.54) is 23.6 Å². The van der Waals surface area contributed by atoms with Crippen molar-refractivity contribution in [2.75, 3.05) is 4.90 Å². The van der Waals surface area contributed by atoms with E-state index in [1.807, 2.05) is 0 Å². The maximum atomic E-state index is 13.0. The third-order valence-corrected chi connectivity index (χ3v) is 3.22. The molecule has 0 bridgehead atoms. The SMILES string of the molecule is O=C1c2ccc(F)cc2C(=O)N1c1nccs1. The Kier molecular flexibility index (Phi) is 2.05. The first-order valence-electron chi connectivity index (χ1n) is 4.76. The third kappa shape index (κ3) is 1.38. The number of fused-ring (bicyclic) bond motifs is 1. The van der Waals surface area contributed by atoms with E-state index in [4.69, 9.17) is 0 Å². The summed E-state index contributed by atoms with van der Waals surface area (Å²) in [4.78, 5) is 28.8. The van der Waals surface area contributed by atoms with Crippen LogP contribution in [0.1, 0.15) is 20.7 Å². The van der Waals surface area contributed by atoms with E-state index in [1.54, 1.807) is 5.38 Å². The highest BCUT2D eigenvalue weighted by molar-refractivity contribution is 7.14. The van der Waals surface area contributed by atoms with Crippen molar-refractivity contribution in [2.24, 2.45) is 0 Å². The number of thiazole rings is 1. The van der Waals surface area contributed by atoms with Crippen molar-refractivity contribution in [1.29, 1.82) is 0 Å². The zero-order valence-electron chi connectivity index (χ0n) is 8.38. The monoisotopic (exact) mass is 248 g/mol. The number of carbonyl (C=O) groups excluding carboxylic acids is 2. The normalized spacial score (nSPS) is 14.3. The molecule has 1 aliphatic heterocycles. The number of benzene rings is 1. The molecule has 0 saturated heterocycles. The number of halogens is 1. The molecule has 0 radical (unpaired) electrons. The second-order valence-corrected chi connectivity index (χ2v) is 4.32. The van der Waals surface area contributed by atoms with Crippen molar-refractivity contribution < 1.29 is 14.0 Å². The largest absolute Gasteiger partial charge is 0.268 e. The highest BCUT2D eigenvalue weighted by Crippen LogP contribution is 2.29. The maximum absolute atomic E-state index is 13.0. The van der Waals surface area contributed by atoms with Gasteiger partial charge in [-0.05, 0) is 18.2 Å². The number of hydrogen-bond donors (Lipinski definition) is 0. The van der Waals surface area contributed by atoms with Crippen LogP contribution in [0, 0.1) is 5.82 Å². The van der Waals surface area contributed by atoms with E-state index in [0.717, 1.165) is 17.0 Å². The van der Waals surface area contributed by atoms with Crippen LogP contribution in [0.3, 0.4) is 0 Å². The molecule has 6 heteroatoms. The van der Waals surface area contributed by atoms with Gasteiger partial charge in [-0.2, -0.15) is 0 Å². The predicted octanol–water partition coefficient (Wildman–Crippen LogP) is 2.08. The minimum absolute atomic E-state index is 0.0881. The van der Waals surface area contributed by atoms with Gasteiger partial charge in [0.25, 0.3) is 11.8 Å². The molecule has 17 heavy (non-hydrogen) atoms. The fourth-order valence-corrected chi connectivity index (χ4v) is 2.35. The predicted molar refractivity (Wildman–Crippen MR) is 59.7 cm³/mol. The molecule has 2 aromatic rings.